The van der Waals surface area contributed by atoms with Crippen LogP contribution in [0.3, 0.4) is 0 Å². The Kier molecular flexibility index (Phi) is 4.83. The standard InChI is InChI=1S/C15H20O5S/c1-17-15-13(21-2)11(16)12-10(19-15)8-18-14(20-12)9-6-4-3-5-7-9/h3-7,10-16H,8H2,1-2H3/t10-,11+,12-,13+,14-,15-/m1/s1. The Labute approximate surface area is 128 Å². The lowest BCUT2D eigenvalue weighted by Crippen LogP contribution is -2.61. The second kappa shape index (κ2) is 6.64. The van der Waals surface area contributed by atoms with Crippen LogP contribution in [0.15, 0.2) is 30.3 Å². The van der Waals surface area contributed by atoms with Crippen molar-refractivity contribution in [1.82, 2.24) is 0 Å². The summed E-state index contributed by atoms with van der Waals surface area (Å²) in [7, 11) is 1.58. The van der Waals surface area contributed by atoms with Crippen LogP contribution in [0.5, 0.6) is 0 Å². The molecular weight excluding hydrogens is 292 g/mol. The summed E-state index contributed by atoms with van der Waals surface area (Å²) in [5, 5.41) is 10.4. The first-order valence-electron chi connectivity index (χ1n) is 6.95. The minimum atomic E-state index is -0.654. The molecule has 0 spiro atoms. The van der Waals surface area contributed by atoms with Crippen molar-refractivity contribution in [3.8, 4) is 0 Å². The van der Waals surface area contributed by atoms with Crippen LogP contribution in [-0.2, 0) is 18.9 Å². The van der Waals surface area contributed by atoms with Gasteiger partial charge >= 0.3 is 0 Å². The Morgan fingerprint density at radius 1 is 1.24 bits per heavy atom. The Hall–Kier alpha value is -0.630. The highest BCUT2D eigenvalue weighted by atomic mass is 32.2. The van der Waals surface area contributed by atoms with Crippen molar-refractivity contribution in [3.63, 3.8) is 0 Å². The first-order valence-corrected chi connectivity index (χ1v) is 8.24. The second-order valence-electron chi connectivity index (χ2n) is 5.15. The van der Waals surface area contributed by atoms with E-state index in [2.05, 4.69) is 0 Å². The highest BCUT2D eigenvalue weighted by molar-refractivity contribution is 7.99. The molecule has 5 nitrogen and oxygen atoms in total. The zero-order valence-electron chi connectivity index (χ0n) is 12.0. The van der Waals surface area contributed by atoms with Crippen LogP contribution in [0.25, 0.3) is 0 Å². The van der Waals surface area contributed by atoms with Gasteiger partial charge in [-0.2, -0.15) is 11.8 Å². The first kappa shape index (κ1) is 15.3. The lowest BCUT2D eigenvalue weighted by Gasteiger charge is -2.47. The van der Waals surface area contributed by atoms with Crippen LogP contribution < -0.4 is 0 Å². The van der Waals surface area contributed by atoms with E-state index in [0.717, 1.165) is 5.56 Å². The minimum absolute atomic E-state index is 0.175. The van der Waals surface area contributed by atoms with E-state index in [9.17, 15) is 5.11 Å². The first-order chi connectivity index (χ1) is 10.2. The van der Waals surface area contributed by atoms with Crippen LogP contribution in [0.4, 0.5) is 0 Å². The quantitative estimate of drug-likeness (QED) is 0.914. The fourth-order valence-electron chi connectivity index (χ4n) is 2.79. The molecule has 6 atom stereocenters. The van der Waals surface area contributed by atoms with E-state index >= 15 is 0 Å². The molecule has 0 aliphatic carbocycles. The number of thioether (sulfide) groups is 1. The summed E-state index contributed by atoms with van der Waals surface area (Å²) in [6.07, 6.45) is -0.360. The summed E-state index contributed by atoms with van der Waals surface area (Å²) in [5.74, 6) is 0. The molecule has 2 fully saturated rings. The largest absolute Gasteiger partial charge is 0.389 e. The summed E-state index contributed by atoms with van der Waals surface area (Å²) in [6.45, 7) is 0.377. The summed E-state index contributed by atoms with van der Waals surface area (Å²) in [6, 6.07) is 9.72. The third-order valence-corrected chi connectivity index (χ3v) is 4.93. The molecule has 116 valence electrons. The molecule has 0 unspecified atom stereocenters. The van der Waals surface area contributed by atoms with Crippen molar-refractivity contribution in [2.24, 2.45) is 0 Å². The lowest BCUT2D eigenvalue weighted by atomic mass is 10.00. The normalized spacial score (nSPS) is 39.8. The average Bonchev–Trinajstić information content (AvgIpc) is 2.55. The van der Waals surface area contributed by atoms with Crippen molar-refractivity contribution in [1.29, 1.82) is 0 Å². The number of aliphatic hydroxyl groups excluding tert-OH is 1. The predicted molar refractivity (Wildman–Crippen MR) is 79.0 cm³/mol. The van der Waals surface area contributed by atoms with Crippen LogP contribution in [0, 0.1) is 0 Å². The molecule has 2 aliphatic rings. The van der Waals surface area contributed by atoms with Crippen LogP contribution in [-0.4, -0.2) is 54.9 Å². The maximum absolute atomic E-state index is 10.6. The van der Waals surface area contributed by atoms with Gasteiger partial charge in [-0.3, -0.25) is 0 Å². The number of ether oxygens (including phenoxy) is 4. The van der Waals surface area contributed by atoms with Gasteiger partial charge in [-0.05, 0) is 6.26 Å². The number of methoxy groups -OCH3 is 1. The van der Waals surface area contributed by atoms with Gasteiger partial charge in [0.25, 0.3) is 0 Å². The van der Waals surface area contributed by atoms with E-state index in [1.165, 1.54) is 11.8 Å². The molecular formula is C15H20O5S. The van der Waals surface area contributed by atoms with Gasteiger partial charge in [0.2, 0.25) is 0 Å². The molecule has 0 aromatic heterocycles. The summed E-state index contributed by atoms with van der Waals surface area (Å²) >= 11 is 1.52. The van der Waals surface area contributed by atoms with E-state index in [0.29, 0.717) is 6.61 Å². The summed E-state index contributed by atoms with van der Waals surface area (Å²) in [4.78, 5) is 0. The summed E-state index contributed by atoms with van der Waals surface area (Å²) < 4.78 is 22.8. The molecule has 2 saturated heterocycles. The molecule has 0 bridgehead atoms. The molecule has 0 saturated carbocycles. The summed E-state index contributed by atoms with van der Waals surface area (Å²) in [5.41, 5.74) is 0.942. The van der Waals surface area contributed by atoms with Gasteiger partial charge in [0.1, 0.15) is 12.2 Å². The molecule has 0 amide bonds. The van der Waals surface area contributed by atoms with Gasteiger partial charge in [-0.25, -0.2) is 0 Å². The number of hydrogen-bond donors (Lipinski definition) is 1. The van der Waals surface area contributed by atoms with E-state index in [1.54, 1.807) is 7.11 Å². The Morgan fingerprint density at radius 3 is 2.67 bits per heavy atom. The Balaban J connectivity index is 1.75. The van der Waals surface area contributed by atoms with Gasteiger partial charge in [-0.15, -0.1) is 0 Å². The van der Waals surface area contributed by atoms with Crippen molar-refractivity contribution in [2.75, 3.05) is 20.0 Å². The van der Waals surface area contributed by atoms with E-state index in [-0.39, 0.29) is 11.4 Å². The molecule has 0 radical (unpaired) electrons. The van der Waals surface area contributed by atoms with Gasteiger partial charge in [0.05, 0.1) is 18.0 Å². The van der Waals surface area contributed by atoms with Crippen LogP contribution >= 0.6 is 11.8 Å². The topological polar surface area (TPSA) is 57.2 Å². The smallest absolute Gasteiger partial charge is 0.184 e. The van der Waals surface area contributed by atoms with Gasteiger partial charge < -0.3 is 24.1 Å². The molecule has 3 rings (SSSR count). The minimum Gasteiger partial charge on any atom is -0.389 e. The highest BCUT2D eigenvalue weighted by Gasteiger charge is 2.49. The fraction of sp³-hybridized carbons (Fsp3) is 0.600. The molecule has 21 heavy (non-hydrogen) atoms. The lowest BCUT2D eigenvalue weighted by molar-refractivity contribution is -0.332. The maximum atomic E-state index is 10.6. The molecule has 1 N–H and O–H groups in total. The molecule has 2 heterocycles. The Bertz CT molecular complexity index is 457. The number of fused-ring (bicyclic) bond motifs is 1. The van der Waals surface area contributed by atoms with E-state index in [1.807, 2.05) is 36.6 Å². The van der Waals surface area contributed by atoms with Crippen molar-refractivity contribution >= 4 is 11.8 Å². The zero-order valence-corrected chi connectivity index (χ0v) is 12.9. The van der Waals surface area contributed by atoms with Crippen molar-refractivity contribution in [2.45, 2.75) is 36.1 Å². The van der Waals surface area contributed by atoms with Gasteiger partial charge in [0, 0.05) is 12.7 Å². The van der Waals surface area contributed by atoms with Gasteiger partial charge in [-0.1, -0.05) is 30.3 Å². The number of benzene rings is 1. The molecule has 6 heteroatoms. The molecule has 1 aromatic rings. The molecule has 2 aliphatic heterocycles. The monoisotopic (exact) mass is 312 g/mol. The third kappa shape index (κ3) is 2.97. The zero-order chi connectivity index (χ0) is 14.8. The fourth-order valence-corrected chi connectivity index (χ4v) is 3.62. The average molecular weight is 312 g/mol. The number of rotatable bonds is 3. The third-order valence-electron chi connectivity index (χ3n) is 3.89. The van der Waals surface area contributed by atoms with Crippen LogP contribution in [0.2, 0.25) is 0 Å². The van der Waals surface area contributed by atoms with Crippen molar-refractivity contribution < 1.29 is 24.1 Å². The Morgan fingerprint density at radius 2 is 2.00 bits per heavy atom. The molecule has 1 aromatic carbocycles. The number of hydrogen-bond acceptors (Lipinski definition) is 6. The second-order valence-corrected chi connectivity index (χ2v) is 6.16. The van der Waals surface area contributed by atoms with E-state index in [4.69, 9.17) is 18.9 Å². The number of aliphatic hydroxyl groups is 1. The van der Waals surface area contributed by atoms with Crippen molar-refractivity contribution in [3.05, 3.63) is 35.9 Å². The maximum Gasteiger partial charge on any atom is 0.184 e. The highest BCUT2D eigenvalue weighted by Crippen LogP contribution is 2.37. The predicted octanol–water partition coefficient (Wildman–Crippen LogP) is 1.56. The van der Waals surface area contributed by atoms with Crippen LogP contribution in [0.1, 0.15) is 11.9 Å². The van der Waals surface area contributed by atoms with Gasteiger partial charge in [0.15, 0.2) is 12.6 Å². The van der Waals surface area contributed by atoms with E-state index < -0.39 is 24.8 Å². The SMILES string of the molecule is CO[C@@H]1O[C@@H]2CO[C@@H](c3ccccc3)O[C@H]2[C@H](O)[C@@H]1SC.